The lowest BCUT2D eigenvalue weighted by atomic mass is 10.6. The maximum Gasteiger partial charge on any atom is 0.320 e. The van der Waals surface area contributed by atoms with Crippen LogP contribution in [0, 0.1) is 10.1 Å². The molecule has 0 aliphatic heterocycles. The van der Waals surface area contributed by atoms with Crippen molar-refractivity contribution < 1.29 is 4.92 Å². The van der Waals surface area contributed by atoms with Crippen LogP contribution >= 0.6 is 12.6 Å². The molecule has 1 aromatic rings. The van der Waals surface area contributed by atoms with Crippen LogP contribution in [-0.4, -0.2) is 15.1 Å². The molecule has 0 bridgehead atoms. The lowest BCUT2D eigenvalue weighted by Gasteiger charge is -1.81. The molecule has 0 atom stereocenters. The molecule has 0 radical (unpaired) electrons. The lowest BCUT2D eigenvalue weighted by Crippen LogP contribution is -1.84. The second-order valence-corrected chi connectivity index (χ2v) is 1.81. The fraction of sp³-hybridized carbons (Fsp3) is 0. The van der Waals surface area contributed by atoms with Gasteiger partial charge in [0.1, 0.15) is 6.20 Å². The Balaban J connectivity index is 3.08. The molecule has 0 unspecified atom stereocenters. The molecule has 1 heterocycles. The minimum atomic E-state index is -0.550. The summed E-state index contributed by atoms with van der Waals surface area (Å²) in [5, 5.41) is 15.9. The van der Waals surface area contributed by atoms with Crippen LogP contribution in [0.15, 0.2) is 11.2 Å². The first kappa shape index (κ1) is 6.09. The Labute approximate surface area is 55.6 Å². The zero-order valence-electron chi connectivity index (χ0n) is 4.24. The number of hydrogen-bond donors (Lipinski definition) is 2. The summed E-state index contributed by atoms with van der Waals surface area (Å²) < 4.78 is 0. The summed E-state index contributed by atoms with van der Waals surface area (Å²) in [6, 6.07) is 0. The van der Waals surface area contributed by atoms with Crippen molar-refractivity contribution in [2.75, 3.05) is 0 Å². The largest absolute Gasteiger partial charge is 0.320 e. The number of hydrogen-bond acceptors (Lipinski definition) is 4. The molecule has 6 heteroatoms. The number of nitrogens with zero attached hydrogens (tertiary/aromatic N) is 2. The third-order valence-electron chi connectivity index (χ3n) is 0.797. The summed E-state index contributed by atoms with van der Waals surface area (Å²) in [6.45, 7) is 0. The Morgan fingerprint density at radius 1 is 1.89 bits per heavy atom. The van der Waals surface area contributed by atoms with Crippen molar-refractivity contribution in [2.24, 2.45) is 0 Å². The van der Waals surface area contributed by atoms with Crippen LogP contribution < -0.4 is 0 Å². The third kappa shape index (κ3) is 1.02. The molecule has 1 rings (SSSR count). The van der Waals surface area contributed by atoms with Gasteiger partial charge in [-0.2, -0.15) is 5.10 Å². The van der Waals surface area contributed by atoms with E-state index in [0.29, 0.717) is 0 Å². The molecule has 0 fully saturated rings. The number of H-pyrrole nitrogens is 1. The van der Waals surface area contributed by atoms with Gasteiger partial charge in [-0.3, -0.25) is 15.2 Å². The van der Waals surface area contributed by atoms with Gasteiger partial charge in [0.05, 0.1) is 4.92 Å². The van der Waals surface area contributed by atoms with Crippen LogP contribution in [-0.2, 0) is 0 Å². The van der Waals surface area contributed by atoms with Crippen molar-refractivity contribution >= 4 is 18.3 Å². The Kier molecular flexibility index (Phi) is 1.39. The van der Waals surface area contributed by atoms with E-state index < -0.39 is 4.92 Å². The predicted octanol–water partition coefficient (Wildman–Crippen LogP) is 0.607. The fourth-order valence-corrected chi connectivity index (χ4v) is 0.604. The van der Waals surface area contributed by atoms with Crippen molar-refractivity contribution in [1.82, 2.24) is 10.2 Å². The maximum absolute atomic E-state index is 9.98. The number of aromatic amines is 1. The van der Waals surface area contributed by atoms with Crippen LogP contribution in [0.25, 0.3) is 0 Å². The summed E-state index contributed by atoms with van der Waals surface area (Å²) in [5.74, 6) is 0. The minimum absolute atomic E-state index is 0.0988. The zero-order chi connectivity index (χ0) is 6.85. The highest BCUT2D eigenvalue weighted by atomic mass is 32.1. The second kappa shape index (κ2) is 2.06. The van der Waals surface area contributed by atoms with Gasteiger partial charge in [-0.1, -0.05) is 0 Å². The predicted molar refractivity (Wildman–Crippen MR) is 32.5 cm³/mol. The summed E-state index contributed by atoms with van der Waals surface area (Å²) >= 11 is 3.73. The molecule has 0 aliphatic rings. The Bertz CT molecular complexity index is 233. The first-order valence-corrected chi connectivity index (χ1v) is 2.53. The van der Waals surface area contributed by atoms with Gasteiger partial charge < -0.3 is 0 Å². The first-order valence-electron chi connectivity index (χ1n) is 2.08. The van der Waals surface area contributed by atoms with Gasteiger partial charge >= 0.3 is 5.69 Å². The average Bonchev–Trinajstić information content (AvgIpc) is 2.13. The molecule has 0 amide bonds. The SMILES string of the molecule is O=[N+]([O-])c1cn[nH]c1S. The molecular weight excluding hydrogens is 142 g/mol. The number of rotatable bonds is 1. The maximum atomic E-state index is 9.98. The summed E-state index contributed by atoms with van der Waals surface area (Å²) in [6.07, 6.45) is 1.11. The molecule has 0 aromatic carbocycles. The van der Waals surface area contributed by atoms with Gasteiger partial charge in [-0.05, 0) is 0 Å². The number of aromatic nitrogens is 2. The molecule has 0 spiro atoms. The van der Waals surface area contributed by atoms with Gasteiger partial charge in [0, 0.05) is 0 Å². The molecule has 0 saturated carbocycles. The normalized spacial score (nSPS) is 9.44. The van der Waals surface area contributed by atoms with Crippen LogP contribution in [0.3, 0.4) is 0 Å². The van der Waals surface area contributed by atoms with E-state index in [9.17, 15) is 10.1 Å². The second-order valence-electron chi connectivity index (χ2n) is 1.36. The van der Waals surface area contributed by atoms with Crippen molar-refractivity contribution in [2.45, 2.75) is 5.03 Å². The third-order valence-corrected chi connectivity index (χ3v) is 1.13. The van der Waals surface area contributed by atoms with Crippen molar-refractivity contribution in [3.63, 3.8) is 0 Å². The van der Waals surface area contributed by atoms with E-state index >= 15 is 0 Å². The monoisotopic (exact) mass is 145 g/mol. The zero-order valence-corrected chi connectivity index (χ0v) is 5.13. The highest BCUT2D eigenvalue weighted by Gasteiger charge is 2.11. The van der Waals surface area contributed by atoms with Crippen molar-refractivity contribution in [3.05, 3.63) is 16.3 Å². The van der Waals surface area contributed by atoms with Crippen molar-refractivity contribution in [3.8, 4) is 0 Å². The van der Waals surface area contributed by atoms with E-state index in [1.165, 1.54) is 0 Å². The van der Waals surface area contributed by atoms with Gasteiger partial charge in [0.15, 0.2) is 5.03 Å². The highest BCUT2D eigenvalue weighted by molar-refractivity contribution is 7.80. The Morgan fingerprint density at radius 3 is 2.78 bits per heavy atom. The molecular formula is C3H3N3O2S. The van der Waals surface area contributed by atoms with Crippen LogP contribution in [0.4, 0.5) is 5.69 Å². The van der Waals surface area contributed by atoms with Crippen molar-refractivity contribution in [1.29, 1.82) is 0 Å². The summed E-state index contributed by atoms with van der Waals surface area (Å²) in [7, 11) is 0. The number of thiol groups is 1. The minimum Gasteiger partial charge on any atom is -0.266 e. The molecule has 5 nitrogen and oxygen atoms in total. The van der Waals surface area contributed by atoms with E-state index in [1.807, 2.05) is 0 Å². The average molecular weight is 145 g/mol. The van der Waals surface area contributed by atoms with Gasteiger partial charge in [0.2, 0.25) is 0 Å². The van der Waals surface area contributed by atoms with Crippen LogP contribution in [0.2, 0.25) is 0 Å². The Hall–Kier alpha value is -1.04. The van der Waals surface area contributed by atoms with Crippen LogP contribution in [0.5, 0.6) is 0 Å². The number of nitro groups is 1. The highest BCUT2D eigenvalue weighted by Crippen LogP contribution is 2.16. The van der Waals surface area contributed by atoms with E-state index in [0.717, 1.165) is 6.20 Å². The topological polar surface area (TPSA) is 71.8 Å². The van der Waals surface area contributed by atoms with Crippen LogP contribution in [0.1, 0.15) is 0 Å². The van der Waals surface area contributed by atoms with E-state index in [1.54, 1.807) is 0 Å². The quantitative estimate of drug-likeness (QED) is 0.345. The van der Waals surface area contributed by atoms with E-state index in [-0.39, 0.29) is 10.7 Å². The molecule has 9 heavy (non-hydrogen) atoms. The molecule has 1 N–H and O–H groups in total. The van der Waals surface area contributed by atoms with Gasteiger partial charge in [-0.15, -0.1) is 12.6 Å². The lowest BCUT2D eigenvalue weighted by molar-refractivity contribution is -0.387. The first-order chi connectivity index (χ1) is 4.22. The molecule has 48 valence electrons. The standard InChI is InChI=1S/C3H3N3O2S/c7-6(8)2-1-4-5-3(2)9/h1H,(H2,4,5,9). The van der Waals surface area contributed by atoms with E-state index in [2.05, 4.69) is 22.8 Å². The number of nitrogens with one attached hydrogen (secondary N) is 1. The smallest absolute Gasteiger partial charge is 0.266 e. The molecule has 0 saturated heterocycles. The van der Waals surface area contributed by atoms with Gasteiger partial charge in [-0.25, -0.2) is 0 Å². The van der Waals surface area contributed by atoms with Gasteiger partial charge in [0.25, 0.3) is 0 Å². The Morgan fingerprint density at radius 2 is 2.56 bits per heavy atom. The summed E-state index contributed by atoms with van der Waals surface area (Å²) in [4.78, 5) is 9.43. The summed E-state index contributed by atoms with van der Waals surface area (Å²) in [5.41, 5.74) is -0.0988. The van der Waals surface area contributed by atoms with E-state index in [4.69, 9.17) is 0 Å². The molecule has 0 aliphatic carbocycles. The fourth-order valence-electron chi connectivity index (χ4n) is 0.407. The molecule has 1 aromatic heterocycles.